The molecular formula is C25H26N6OS. The van der Waals surface area contributed by atoms with Crippen LogP contribution in [0.25, 0.3) is 28.1 Å². The number of benzene rings is 1. The van der Waals surface area contributed by atoms with Gasteiger partial charge in [-0.3, -0.25) is 9.67 Å². The molecule has 3 aliphatic rings. The van der Waals surface area contributed by atoms with E-state index in [-0.39, 0.29) is 6.10 Å². The minimum Gasteiger partial charge on any atom is -0.376 e. The van der Waals surface area contributed by atoms with E-state index < -0.39 is 0 Å². The van der Waals surface area contributed by atoms with Crippen molar-refractivity contribution in [1.82, 2.24) is 29.5 Å². The summed E-state index contributed by atoms with van der Waals surface area (Å²) in [7, 11) is 0. The van der Waals surface area contributed by atoms with Crippen molar-refractivity contribution in [3.63, 3.8) is 0 Å². The van der Waals surface area contributed by atoms with Gasteiger partial charge >= 0.3 is 0 Å². The third kappa shape index (κ3) is 3.43. The first kappa shape index (κ1) is 19.6. The van der Waals surface area contributed by atoms with E-state index in [0.29, 0.717) is 16.6 Å². The second kappa shape index (κ2) is 7.60. The van der Waals surface area contributed by atoms with Crippen LogP contribution in [-0.2, 0) is 11.3 Å². The van der Waals surface area contributed by atoms with Gasteiger partial charge in [0.05, 0.1) is 29.4 Å². The number of nitrogens with one attached hydrogen (secondary N) is 1. The van der Waals surface area contributed by atoms with E-state index in [2.05, 4.69) is 40.0 Å². The molecule has 1 aliphatic heterocycles. The lowest BCUT2D eigenvalue weighted by molar-refractivity contribution is 0.0970. The first-order valence-electron chi connectivity index (χ1n) is 12.0. The van der Waals surface area contributed by atoms with Gasteiger partial charge in [-0.25, -0.2) is 9.67 Å². The van der Waals surface area contributed by atoms with Crippen LogP contribution in [0.1, 0.15) is 61.7 Å². The maximum absolute atomic E-state index is 5.93. The molecule has 0 amide bonds. The van der Waals surface area contributed by atoms with Crippen LogP contribution in [-0.4, -0.2) is 42.2 Å². The molecule has 1 N–H and O–H groups in total. The van der Waals surface area contributed by atoms with Crippen LogP contribution in [0.5, 0.6) is 0 Å². The summed E-state index contributed by atoms with van der Waals surface area (Å²) in [5.41, 5.74) is 5.33. The summed E-state index contributed by atoms with van der Waals surface area (Å²) in [5.74, 6) is 1.88. The Balaban J connectivity index is 1.48. The van der Waals surface area contributed by atoms with Gasteiger partial charge in [0.1, 0.15) is 0 Å². The van der Waals surface area contributed by atoms with Gasteiger partial charge in [0.2, 0.25) is 0 Å². The van der Waals surface area contributed by atoms with Crippen LogP contribution in [0, 0.1) is 4.77 Å². The largest absolute Gasteiger partial charge is 0.376 e. The molecule has 2 saturated carbocycles. The maximum atomic E-state index is 5.93. The van der Waals surface area contributed by atoms with E-state index in [4.69, 9.17) is 32.1 Å². The number of rotatable bonds is 6. The molecule has 4 aromatic rings. The lowest BCUT2D eigenvalue weighted by Gasteiger charge is -2.14. The minimum absolute atomic E-state index is 0.184. The van der Waals surface area contributed by atoms with Crippen LogP contribution in [0.3, 0.4) is 0 Å². The summed E-state index contributed by atoms with van der Waals surface area (Å²) in [6, 6.07) is 12.6. The van der Waals surface area contributed by atoms with Gasteiger partial charge in [0, 0.05) is 29.7 Å². The quantitative estimate of drug-likeness (QED) is 0.398. The number of hydrogen-bond donors (Lipinski definition) is 1. The molecule has 1 aromatic carbocycles. The number of aromatic amines is 1. The summed E-state index contributed by atoms with van der Waals surface area (Å²) in [5, 5.41) is 14.0. The Morgan fingerprint density at radius 1 is 1.06 bits per heavy atom. The monoisotopic (exact) mass is 458 g/mol. The minimum atomic E-state index is 0.184. The molecule has 7 nitrogen and oxygen atoms in total. The Labute approximate surface area is 196 Å². The number of aromatic nitrogens is 6. The van der Waals surface area contributed by atoms with Crippen molar-refractivity contribution >= 4 is 23.3 Å². The SMILES string of the molecule is S=c1[nH]nc(-c2cc(C3CC3)nc3c2c(C2CC2)nn3-c2ccccc2)n1C[C@@H]1CCCO1. The average Bonchev–Trinajstić information content (AvgIpc) is 3.76. The van der Waals surface area contributed by atoms with Crippen molar-refractivity contribution < 1.29 is 4.74 Å². The van der Waals surface area contributed by atoms with E-state index in [1.54, 1.807) is 0 Å². The van der Waals surface area contributed by atoms with Crippen molar-refractivity contribution in [2.45, 2.75) is 63.0 Å². The molecule has 8 heteroatoms. The van der Waals surface area contributed by atoms with Gasteiger partial charge in [-0.15, -0.1) is 0 Å². The third-order valence-corrected chi connectivity index (χ3v) is 7.37. The third-order valence-electron chi connectivity index (χ3n) is 7.05. The molecule has 2 aliphatic carbocycles. The molecule has 0 radical (unpaired) electrons. The molecule has 3 fully saturated rings. The highest BCUT2D eigenvalue weighted by Crippen LogP contribution is 2.47. The highest BCUT2D eigenvalue weighted by atomic mass is 32.1. The molecule has 7 rings (SSSR count). The summed E-state index contributed by atoms with van der Waals surface area (Å²) in [6.07, 6.45) is 7.08. The molecule has 0 bridgehead atoms. The molecule has 1 saturated heterocycles. The zero-order valence-electron chi connectivity index (χ0n) is 18.4. The average molecular weight is 459 g/mol. The van der Waals surface area contributed by atoms with Crippen molar-refractivity contribution in [2.24, 2.45) is 0 Å². The van der Waals surface area contributed by atoms with Gasteiger partial charge in [-0.1, -0.05) is 18.2 Å². The van der Waals surface area contributed by atoms with Gasteiger partial charge < -0.3 is 4.74 Å². The Morgan fingerprint density at radius 2 is 1.88 bits per heavy atom. The second-order valence-electron chi connectivity index (χ2n) is 9.57. The van der Waals surface area contributed by atoms with Gasteiger partial charge in [-0.05, 0) is 68.9 Å². The zero-order chi connectivity index (χ0) is 21.9. The fourth-order valence-corrected chi connectivity index (χ4v) is 5.21. The van der Waals surface area contributed by atoms with Crippen LogP contribution in [0.2, 0.25) is 0 Å². The van der Waals surface area contributed by atoms with E-state index in [1.807, 2.05) is 10.7 Å². The number of pyridine rings is 1. The number of ether oxygens (including phenoxy) is 1. The number of nitrogens with zero attached hydrogens (tertiary/aromatic N) is 5. The Kier molecular flexibility index (Phi) is 4.52. The topological polar surface area (TPSA) is 73.5 Å². The van der Waals surface area contributed by atoms with Gasteiger partial charge in [0.15, 0.2) is 16.2 Å². The number of H-pyrrole nitrogens is 1. The predicted octanol–water partition coefficient (Wildman–Crippen LogP) is 5.28. The van der Waals surface area contributed by atoms with Crippen LogP contribution < -0.4 is 0 Å². The second-order valence-corrected chi connectivity index (χ2v) is 9.96. The maximum Gasteiger partial charge on any atom is 0.195 e. The van der Waals surface area contributed by atoms with Crippen LogP contribution in [0.4, 0.5) is 0 Å². The number of para-hydroxylation sites is 1. The lowest BCUT2D eigenvalue weighted by atomic mass is 10.0. The van der Waals surface area contributed by atoms with Crippen molar-refractivity contribution in [1.29, 1.82) is 0 Å². The van der Waals surface area contributed by atoms with E-state index in [9.17, 15) is 0 Å². The van der Waals surface area contributed by atoms with Gasteiger partial charge in [0.25, 0.3) is 0 Å². The molecule has 0 spiro atoms. The fraction of sp³-hybridized carbons (Fsp3) is 0.440. The van der Waals surface area contributed by atoms with Gasteiger partial charge in [-0.2, -0.15) is 10.2 Å². The number of fused-ring (bicyclic) bond motifs is 1. The lowest BCUT2D eigenvalue weighted by Crippen LogP contribution is -2.16. The van der Waals surface area contributed by atoms with Crippen LogP contribution in [0.15, 0.2) is 36.4 Å². The Morgan fingerprint density at radius 3 is 2.61 bits per heavy atom. The first-order valence-corrected chi connectivity index (χ1v) is 12.4. The Hall–Kier alpha value is -2.84. The molecule has 33 heavy (non-hydrogen) atoms. The molecular weight excluding hydrogens is 432 g/mol. The van der Waals surface area contributed by atoms with Crippen molar-refractivity contribution in [2.75, 3.05) is 6.61 Å². The Bertz CT molecular complexity index is 1390. The number of hydrogen-bond acceptors (Lipinski definition) is 5. The fourth-order valence-electron chi connectivity index (χ4n) is 5.00. The summed E-state index contributed by atoms with van der Waals surface area (Å²) >= 11 is 5.66. The van der Waals surface area contributed by atoms with E-state index in [0.717, 1.165) is 65.5 Å². The van der Waals surface area contributed by atoms with E-state index in [1.165, 1.54) is 25.7 Å². The highest BCUT2D eigenvalue weighted by Gasteiger charge is 2.34. The smallest absolute Gasteiger partial charge is 0.195 e. The predicted molar refractivity (Wildman–Crippen MR) is 128 cm³/mol. The molecule has 4 heterocycles. The van der Waals surface area contributed by atoms with E-state index >= 15 is 0 Å². The van der Waals surface area contributed by atoms with Crippen molar-refractivity contribution in [3.8, 4) is 17.1 Å². The van der Waals surface area contributed by atoms with Crippen LogP contribution >= 0.6 is 12.2 Å². The zero-order valence-corrected chi connectivity index (χ0v) is 19.2. The summed E-state index contributed by atoms with van der Waals surface area (Å²) in [6.45, 7) is 1.55. The summed E-state index contributed by atoms with van der Waals surface area (Å²) in [4.78, 5) is 5.17. The first-order chi connectivity index (χ1) is 16.3. The molecule has 1 atom stereocenters. The molecule has 0 unspecified atom stereocenters. The highest BCUT2D eigenvalue weighted by molar-refractivity contribution is 7.71. The molecule has 3 aromatic heterocycles. The summed E-state index contributed by atoms with van der Waals surface area (Å²) < 4.78 is 10.7. The standard InChI is InChI=1S/C25H26N6OS/c33-25-28-27-23(30(25)14-18-7-4-12-32-18)19-13-20(15-8-9-15)26-24-21(19)22(16-10-11-16)29-31(24)17-5-2-1-3-6-17/h1-3,5-6,13,15-16,18H,4,7-12,14H2,(H,28,33)/t18-/m0/s1. The molecule has 168 valence electrons. The van der Waals surface area contributed by atoms with Crippen molar-refractivity contribution in [3.05, 3.63) is 52.6 Å². The normalized spacial score (nSPS) is 20.7.